The van der Waals surface area contributed by atoms with Crippen molar-refractivity contribution in [3.8, 4) is 5.75 Å². The maximum Gasteiger partial charge on any atom is 0.387 e. The second-order valence-electron chi connectivity index (χ2n) is 5.55. The molecule has 2 aromatic carbocycles. The van der Waals surface area contributed by atoms with Crippen LogP contribution in [0.4, 0.5) is 8.78 Å². The van der Waals surface area contributed by atoms with Crippen molar-refractivity contribution in [2.75, 3.05) is 7.05 Å². The lowest BCUT2D eigenvalue weighted by Crippen LogP contribution is -2.25. The van der Waals surface area contributed by atoms with Crippen molar-refractivity contribution in [3.63, 3.8) is 0 Å². The molecule has 0 amide bonds. The first kappa shape index (κ1) is 21.5. The summed E-state index contributed by atoms with van der Waals surface area (Å²) in [4.78, 5) is 24.5. The van der Waals surface area contributed by atoms with Gasteiger partial charge in [0.2, 0.25) is 15.8 Å². The van der Waals surface area contributed by atoms with Crippen molar-refractivity contribution in [1.82, 2.24) is 4.72 Å². The average Bonchev–Trinajstić information content (AvgIpc) is 2.67. The van der Waals surface area contributed by atoms with E-state index in [0.29, 0.717) is 0 Å². The number of ketones is 1. The van der Waals surface area contributed by atoms with Gasteiger partial charge in [0.15, 0.2) is 6.10 Å². The van der Waals surface area contributed by atoms with Crippen LogP contribution in [0.5, 0.6) is 5.75 Å². The van der Waals surface area contributed by atoms with Crippen LogP contribution in [0.3, 0.4) is 0 Å². The summed E-state index contributed by atoms with van der Waals surface area (Å²) in [6.45, 7) is -1.64. The average molecular weight is 413 g/mol. The van der Waals surface area contributed by atoms with Crippen molar-refractivity contribution in [3.05, 3.63) is 59.7 Å². The molecule has 0 saturated heterocycles. The predicted octanol–water partition coefficient (Wildman–Crippen LogP) is 2.62. The molecule has 0 saturated carbocycles. The summed E-state index contributed by atoms with van der Waals surface area (Å²) in [6.07, 6.45) is -1.18. The van der Waals surface area contributed by atoms with E-state index in [0.717, 1.165) is 6.07 Å². The summed E-state index contributed by atoms with van der Waals surface area (Å²) in [7, 11) is -2.51. The van der Waals surface area contributed by atoms with Crippen LogP contribution in [-0.2, 0) is 14.8 Å². The Balaban J connectivity index is 2.09. The smallest absolute Gasteiger partial charge is 0.387 e. The van der Waals surface area contributed by atoms with Gasteiger partial charge in [-0.15, -0.1) is 0 Å². The third-order valence-electron chi connectivity index (χ3n) is 3.67. The third kappa shape index (κ3) is 5.33. The molecular weight excluding hydrogens is 396 g/mol. The van der Waals surface area contributed by atoms with Gasteiger partial charge in [-0.1, -0.05) is 6.07 Å². The van der Waals surface area contributed by atoms with Crippen LogP contribution in [0.15, 0.2) is 53.4 Å². The highest BCUT2D eigenvalue weighted by Gasteiger charge is 2.22. The molecule has 0 unspecified atom stereocenters. The SMILES string of the molecule is CNS(=O)(=O)c1cccc(C(=O)O[C@H](C)C(=O)c2ccc(OC(F)F)cc2)c1. The summed E-state index contributed by atoms with van der Waals surface area (Å²) in [5.41, 5.74) is 0.0880. The van der Waals surface area contributed by atoms with Gasteiger partial charge in [0.05, 0.1) is 10.5 Å². The van der Waals surface area contributed by atoms with E-state index in [2.05, 4.69) is 9.46 Å². The van der Waals surface area contributed by atoms with Gasteiger partial charge in [-0.2, -0.15) is 8.78 Å². The summed E-state index contributed by atoms with van der Waals surface area (Å²) >= 11 is 0. The number of ether oxygens (including phenoxy) is 2. The summed E-state index contributed by atoms with van der Waals surface area (Å²) in [5.74, 6) is -1.55. The monoisotopic (exact) mass is 413 g/mol. The normalized spacial score (nSPS) is 12.5. The summed E-state index contributed by atoms with van der Waals surface area (Å²) < 4.78 is 59.3. The lowest BCUT2D eigenvalue weighted by Gasteiger charge is -2.13. The maximum atomic E-state index is 12.3. The van der Waals surface area contributed by atoms with E-state index in [-0.39, 0.29) is 21.8 Å². The first-order valence-electron chi connectivity index (χ1n) is 7.97. The number of Topliss-reactive ketones (excluding diaryl/α,β-unsaturated/α-hetero) is 1. The molecule has 0 aliphatic carbocycles. The van der Waals surface area contributed by atoms with Gasteiger partial charge < -0.3 is 9.47 Å². The molecule has 0 bridgehead atoms. The van der Waals surface area contributed by atoms with Gasteiger partial charge in [-0.25, -0.2) is 17.9 Å². The van der Waals surface area contributed by atoms with Crippen molar-refractivity contribution in [1.29, 1.82) is 0 Å². The molecule has 0 heterocycles. The van der Waals surface area contributed by atoms with Gasteiger partial charge in [0, 0.05) is 5.56 Å². The van der Waals surface area contributed by atoms with Gasteiger partial charge >= 0.3 is 12.6 Å². The molecule has 2 aromatic rings. The number of hydrogen-bond donors (Lipinski definition) is 1. The molecule has 7 nitrogen and oxygen atoms in total. The minimum Gasteiger partial charge on any atom is -0.451 e. The highest BCUT2D eigenvalue weighted by atomic mass is 32.2. The number of esters is 1. The standard InChI is InChI=1S/C18H17F2NO6S/c1-11(16(22)12-6-8-14(9-7-12)27-18(19)20)26-17(23)13-4-3-5-15(10-13)28(24,25)21-2/h3-11,18,21H,1-2H3/t11-/m1/s1. The van der Waals surface area contributed by atoms with E-state index in [9.17, 15) is 26.8 Å². The lowest BCUT2D eigenvalue weighted by molar-refractivity contribution is -0.0498. The van der Waals surface area contributed by atoms with E-state index >= 15 is 0 Å². The van der Waals surface area contributed by atoms with Crippen LogP contribution < -0.4 is 9.46 Å². The fourth-order valence-corrected chi connectivity index (χ4v) is 3.00. The Kier molecular flexibility index (Phi) is 6.81. The highest BCUT2D eigenvalue weighted by molar-refractivity contribution is 7.89. The van der Waals surface area contributed by atoms with E-state index in [4.69, 9.17) is 4.74 Å². The van der Waals surface area contributed by atoms with E-state index in [1.807, 2.05) is 0 Å². The molecule has 10 heteroatoms. The zero-order valence-corrected chi connectivity index (χ0v) is 15.7. The molecule has 2 rings (SSSR count). The second-order valence-corrected chi connectivity index (χ2v) is 7.44. The topological polar surface area (TPSA) is 98.8 Å². The molecule has 0 aromatic heterocycles. The number of benzene rings is 2. The second kappa shape index (κ2) is 8.89. The Labute approximate surface area is 160 Å². The Bertz CT molecular complexity index is 960. The van der Waals surface area contributed by atoms with Gasteiger partial charge in [0.1, 0.15) is 5.75 Å². The van der Waals surface area contributed by atoms with E-state index < -0.39 is 34.5 Å². The minimum atomic E-state index is -3.74. The van der Waals surface area contributed by atoms with Gasteiger partial charge in [-0.05, 0) is 56.4 Å². The van der Waals surface area contributed by atoms with Crippen molar-refractivity contribution in [2.24, 2.45) is 0 Å². The molecule has 1 atom stereocenters. The fourth-order valence-electron chi connectivity index (χ4n) is 2.23. The minimum absolute atomic E-state index is 0.0448. The highest BCUT2D eigenvalue weighted by Crippen LogP contribution is 2.18. The number of carbonyl (C=O) groups is 2. The number of hydrogen-bond acceptors (Lipinski definition) is 6. The molecule has 0 aliphatic heterocycles. The molecule has 0 spiro atoms. The van der Waals surface area contributed by atoms with Crippen LogP contribution in [0.2, 0.25) is 0 Å². The number of rotatable bonds is 8. The van der Waals surface area contributed by atoms with E-state index in [1.54, 1.807) is 0 Å². The number of nitrogens with one attached hydrogen (secondary N) is 1. The zero-order valence-electron chi connectivity index (χ0n) is 14.9. The first-order valence-corrected chi connectivity index (χ1v) is 9.46. The Morgan fingerprint density at radius 2 is 1.68 bits per heavy atom. The Morgan fingerprint density at radius 1 is 1.04 bits per heavy atom. The maximum absolute atomic E-state index is 12.3. The van der Waals surface area contributed by atoms with Crippen LogP contribution in [-0.4, -0.2) is 39.9 Å². The number of carbonyl (C=O) groups excluding carboxylic acids is 2. The van der Waals surface area contributed by atoms with Crippen LogP contribution in [0.25, 0.3) is 0 Å². The molecular formula is C18H17F2NO6S. The predicted molar refractivity (Wildman–Crippen MR) is 95.0 cm³/mol. The Hall–Kier alpha value is -2.85. The molecule has 28 heavy (non-hydrogen) atoms. The van der Waals surface area contributed by atoms with Crippen LogP contribution in [0.1, 0.15) is 27.6 Å². The summed E-state index contributed by atoms with van der Waals surface area (Å²) in [6, 6.07) is 10.1. The van der Waals surface area contributed by atoms with E-state index in [1.165, 1.54) is 56.4 Å². The Morgan fingerprint density at radius 3 is 2.25 bits per heavy atom. The summed E-state index contributed by atoms with van der Waals surface area (Å²) in [5, 5.41) is 0. The van der Waals surface area contributed by atoms with Crippen molar-refractivity contribution >= 4 is 21.8 Å². The van der Waals surface area contributed by atoms with Crippen molar-refractivity contribution < 1.29 is 36.3 Å². The fraction of sp³-hybridized carbons (Fsp3) is 0.222. The zero-order chi connectivity index (χ0) is 20.9. The first-order chi connectivity index (χ1) is 13.1. The molecule has 0 radical (unpaired) electrons. The molecule has 0 fully saturated rings. The van der Waals surface area contributed by atoms with Crippen molar-refractivity contribution in [2.45, 2.75) is 24.5 Å². The van der Waals surface area contributed by atoms with Gasteiger partial charge in [0.25, 0.3) is 0 Å². The van der Waals surface area contributed by atoms with Gasteiger partial charge in [-0.3, -0.25) is 4.79 Å². The third-order valence-corrected chi connectivity index (χ3v) is 5.08. The number of sulfonamides is 1. The largest absolute Gasteiger partial charge is 0.451 e. The lowest BCUT2D eigenvalue weighted by atomic mass is 10.1. The molecule has 0 aliphatic rings. The van der Waals surface area contributed by atoms with Crippen LogP contribution in [0, 0.1) is 0 Å². The molecule has 150 valence electrons. The molecule has 1 N–H and O–H groups in total. The number of halogens is 2. The quantitative estimate of drug-likeness (QED) is 0.528. The van der Waals surface area contributed by atoms with Crippen LogP contribution >= 0.6 is 0 Å². The number of alkyl halides is 2.